The van der Waals surface area contributed by atoms with Crippen molar-refractivity contribution in [2.24, 2.45) is 0 Å². The van der Waals surface area contributed by atoms with Gasteiger partial charge >= 0.3 is 12.4 Å². The lowest BCUT2D eigenvalue weighted by atomic mass is 9.96. The van der Waals surface area contributed by atoms with Gasteiger partial charge in [-0.3, -0.25) is 9.59 Å². The van der Waals surface area contributed by atoms with Gasteiger partial charge in [0.05, 0.1) is 22.9 Å². The lowest BCUT2D eigenvalue weighted by Crippen LogP contribution is -2.47. The third-order valence-electron chi connectivity index (χ3n) is 5.79. The lowest BCUT2D eigenvalue weighted by Gasteiger charge is -2.38. The van der Waals surface area contributed by atoms with Crippen LogP contribution in [0.25, 0.3) is 5.82 Å². The maximum absolute atomic E-state index is 13.2. The molecule has 1 fully saturated rings. The molecule has 2 aromatic heterocycles. The highest BCUT2D eigenvalue weighted by molar-refractivity contribution is 5.94. The summed E-state index contributed by atoms with van der Waals surface area (Å²) in [6, 6.07) is 1.29. The van der Waals surface area contributed by atoms with Crippen molar-refractivity contribution in [3.8, 4) is 5.82 Å². The summed E-state index contributed by atoms with van der Waals surface area (Å²) in [5.74, 6) is -0.839. The van der Waals surface area contributed by atoms with Crippen LogP contribution >= 0.6 is 0 Å². The van der Waals surface area contributed by atoms with Crippen molar-refractivity contribution in [1.29, 1.82) is 0 Å². The lowest BCUT2D eigenvalue weighted by molar-refractivity contribution is -0.143. The quantitative estimate of drug-likeness (QED) is 0.509. The number of alkyl halides is 6. The Balaban J connectivity index is 1.56. The van der Waals surface area contributed by atoms with E-state index < -0.39 is 41.0 Å². The molecule has 1 N–H and O–H groups in total. The second-order valence-electron chi connectivity index (χ2n) is 8.44. The van der Waals surface area contributed by atoms with Crippen LogP contribution in [0.2, 0.25) is 0 Å². The summed E-state index contributed by atoms with van der Waals surface area (Å²) < 4.78 is 80.2. The highest BCUT2D eigenvalue weighted by Gasteiger charge is 2.38. The predicted octanol–water partition coefficient (Wildman–Crippen LogP) is 3.53. The van der Waals surface area contributed by atoms with E-state index in [9.17, 15) is 35.9 Å². The molecule has 3 heterocycles. The number of amides is 2. The Bertz CT molecular complexity index is 1300. The Kier molecular flexibility index (Phi) is 6.64. The summed E-state index contributed by atoms with van der Waals surface area (Å²) in [6.07, 6.45) is -7.73. The van der Waals surface area contributed by atoms with Gasteiger partial charge in [-0.1, -0.05) is 0 Å². The Morgan fingerprint density at radius 1 is 0.946 bits per heavy atom. The summed E-state index contributed by atoms with van der Waals surface area (Å²) in [4.78, 5) is 38.2. The standard InChI is InChI=1S/C22H19F6N7O2/c1-11(33-20(37)13-3-15(21(23,24)25)5-16(4-13)22(26,27)28)19-31-10-32-35(19)18-6-17(29-9-30-18)14-7-34(8-14)12(2)36/h3-6,9-11,14H,7-8H2,1-2H3,(H,33,37). The van der Waals surface area contributed by atoms with Crippen molar-refractivity contribution < 1.29 is 35.9 Å². The second-order valence-corrected chi connectivity index (χ2v) is 8.44. The fraction of sp³-hybridized carbons (Fsp3) is 0.364. The van der Waals surface area contributed by atoms with Crippen molar-refractivity contribution in [3.63, 3.8) is 0 Å². The first-order valence-corrected chi connectivity index (χ1v) is 10.8. The van der Waals surface area contributed by atoms with Gasteiger partial charge in [-0.2, -0.15) is 36.1 Å². The van der Waals surface area contributed by atoms with Crippen molar-refractivity contribution in [3.05, 3.63) is 65.1 Å². The predicted molar refractivity (Wildman–Crippen MR) is 114 cm³/mol. The third-order valence-corrected chi connectivity index (χ3v) is 5.79. The van der Waals surface area contributed by atoms with E-state index in [0.717, 1.165) is 6.33 Å². The fourth-order valence-corrected chi connectivity index (χ4v) is 3.78. The van der Waals surface area contributed by atoms with Gasteiger partial charge in [0, 0.05) is 37.6 Å². The van der Waals surface area contributed by atoms with Crippen LogP contribution in [-0.2, 0) is 17.1 Å². The first kappa shape index (κ1) is 26.0. The number of hydrogen-bond donors (Lipinski definition) is 1. The SMILES string of the molecule is CC(=O)N1CC(c2cc(-n3ncnc3C(C)NC(=O)c3cc(C(F)(F)F)cc(C(F)(F)F)c3)ncn2)C1. The molecule has 1 aliphatic heterocycles. The average molecular weight is 527 g/mol. The fourth-order valence-electron chi connectivity index (χ4n) is 3.78. The van der Waals surface area contributed by atoms with E-state index in [1.54, 1.807) is 11.0 Å². The molecular weight excluding hydrogens is 508 g/mol. The monoisotopic (exact) mass is 527 g/mol. The van der Waals surface area contributed by atoms with Gasteiger partial charge in [0.15, 0.2) is 11.6 Å². The van der Waals surface area contributed by atoms with Crippen molar-refractivity contribution in [2.75, 3.05) is 13.1 Å². The molecule has 37 heavy (non-hydrogen) atoms. The Morgan fingerprint density at radius 3 is 2.14 bits per heavy atom. The maximum atomic E-state index is 13.2. The van der Waals surface area contributed by atoms with Crippen LogP contribution < -0.4 is 5.32 Å². The smallest absolute Gasteiger partial charge is 0.342 e. The first-order valence-electron chi connectivity index (χ1n) is 10.8. The molecule has 0 spiro atoms. The number of likely N-dealkylation sites (tertiary alicyclic amines) is 1. The van der Waals surface area contributed by atoms with Crippen LogP contribution in [0.3, 0.4) is 0 Å². The second kappa shape index (κ2) is 9.44. The van der Waals surface area contributed by atoms with E-state index in [-0.39, 0.29) is 29.5 Å². The molecule has 3 aromatic rings. The minimum Gasteiger partial charge on any atom is -0.342 e. The van der Waals surface area contributed by atoms with Gasteiger partial charge in [-0.25, -0.2) is 15.0 Å². The van der Waals surface area contributed by atoms with E-state index in [1.807, 2.05) is 0 Å². The van der Waals surface area contributed by atoms with Crippen LogP contribution in [-0.4, -0.2) is 54.5 Å². The molecular formula is C22H19F6N7O2. The zero-order chi connectivity index (χ0) is 27.1. The van der Waals surface area contributed by atoms with E-state index in [1.165, 1.54) is 24.9 Å². The molecule has 0 saturated carbocycles. The van der Waals surface area contributed by atoms with Crippen molar-refractivity contribution in [2.45, 2.75) is 38.2 Å². The van der Waals surface area contributed by atoms with Crippen LogP contribution in [0, 0.1) is 0 Å². The number of carbonyl (C=O) groups is 2. The number of carbonyl (C=O) groups excluding carboxylic acids is 2. The van der Waals surface area contributed by atoms with Gasteiger partial charge in [-0.05, 0) is 25.1 Å². The summed E-state index contributed by atoms with van der Waals surface area (Å²) in [7, 11) is 0. The zero-order valence-corrected chi connectivity index (χ0v) is 19.3. The molecule has 1 atom stereocenters. The summed E-state index contributed by atoms with van der Waals surface area (Å²) in [6.45, 7) is 3.87. The maximum Gasteiger partial charge on any atom is 0.416 e. The van der Waals surface area contributed by atoms with Crippen LogP contribution in [0.4, 0.5) is 26.3 Å². The topological polar surface area (TPSA) is 106 Å². The van der Waals surface area contributed by atoms with E-state index >= 15 is 0 Å². The van der Waals surface area contributed by atoms with E-state index in [2.05, 4.69) is 25.4 Å². The van der Waals surface area contributed by atoms with Gasteiger partial charge in [-0.15, -0.1) is 0 Å². The minimum absolute atomic E-state index is 0.0153. The Morgan fingerprint density at radius 2 is 1.57 bits per heavy atom. The molecule has 0 bridgehead atoms. The average Bonchev–Trinajstić information content (AvgIpc) is 3.27. The summed E-state index contributed by atoms with van der Waals surface area (Å²) in [5, 5.41) is 6.43. The van der Waals surface area contributed by atoms with Gasteiger partial charge in [0.25, 0.3) is 5.91 Å². The number of rotatable bonds is 5. The highest BCUT2D eigenvalue weighted by atomic mass is 19.4. The molecule has 0 radical (unpaired) electrons. The number of nitrogens with zero attached hydrogens (tertiary/aromatic N) is 6. The van der Waals surface area contributed by atoms with Crippen molar-refractivity contribution in [1.82, 2.24) is 34.9 Å². The molecule has 1 aromatic carbocycles. The molecule has 2 amide bonds. The Hall–Kier alpha value is -4.04. The highest BCUT2D eigenvalue weighted by Crippen LogP contribution is 2.36. The largest absolute Gasteiger partial charge is 0.416 e. The number of hydrogen-bond acceptors (Lipinski definition) is 6. The van der Waals surface area contributed by atoms with Crippen LogP contribution in [0.15, 0.2) is 36.9 Å². The van der Waals surface area contributed by atoms with Crippen molar-refractivity contribution >= 4 is 11.8 Å². The molecule has 1 aliphatic rings. The molecule has 15 heteroatoms. The van der Waals surface area contributed by atoms with Gasteiger partial charge in [0.2, 0.25) is 5.91 Å². The molecule has 1 saturated heterocycles. The molecule has 0 aliphatic carbocycles. The third kappa shape index (κ3) is 5.54. The summed E-state index contributed by atoms with van der Waals surface area (Å²) >= 11 is 0. The Labute approximate surface area is 205 Å². The molecule has 9 nitrogen and oxygen atoms in total. The molecule has 196 valence electrons. The molecule has 1 unspecified atom stereocenters. The normalized spacial score (nSPS) is 15.3. The van der Waals surface area contributed by atoms with Gasteiger partial charge < -0.3 is 10.2 Å². The van der Waals surface area contributed by atoms with E-state index in [4.69, 9.17) is 0 Å². The number of nitrogens with one attached hydrogen (secondary N) is 1. The van der Waals surface area contributed by atoms with Crippen LogP contribution in [0.5, 0.6) is 0 Å². The number of halogens is 6. The number of benzene rings is 1. The zero-order valence-electron chi connectivity index (χ0n) is 19.3. The molecule has 4 rings (SSSR count). The van der Waals surface area contributed by atoms with E-state index in [0.29, 0.717) is 30.9 Å². The first-order chi connectivity index (χ1) is 17.2. The minimum atomic E-state index is -5.09. The van der Waals surface area contributed by atoms with Crippen LogP contribution in [0.1, 0.15) is 58.8 Å². The summed E-state index contributed by atoms with van der Waals surface area (Å²) in [5.41, 5.74) is -3.37. The number of aromatic nitrogens is 5. The van der Waals surface area contributed by atoms with Gasteiger partial charge in [0.1, 0.15) is 12.7 Å².